The van der Waals surface area contributed by atoms with Crippen LogP contribution in [-0.4, -0.2) is 39.2 Å². The lowest BCUT2D eigenvalue weighted by Crippen LogP contribution is -2.30. The molecule has 0 bridgehead atoms. The van der Waals surface area contributed by atoms with Gasteiger partial charge >= 0.3 is 5.97 Å². The average Bonchev–Trinajstić information content (AvgIpc) is 3.19. The number of esters is 1. The molecular formula is C18H19ClN4O2. The molecule has 2 N–H and O–H groups in total. The van der Waals surface area contributed by atoms with Gasteiger partial charge < -0.3 is 9.72 Å². The van der Waals surface area contributed by atoms with Gasteiger partial charge in [-0.1, -0.05) is 11.6 Å². The molecule has 0 unspecified atom stereocenters. The standard InChI is InChI=1S/C18H19ClN4O2/c1-2-25-18(24)17-11(8-20-22-17)9-23-6-5-13-14-7-12(19)3-4-15(14)21-16(13)10-23/h3-4,7-8,21H,2,5-6,9-10H2,1H3,(H,20,22). The lowest BCUT2D eigenvalue weighted by atomic mass is 10.0. The normalized spacial score (nSPS) is 14.6. The third-order valence-corrected chi connectivity index (χ3v) is 4.84. The molecule has 2 aromatic heterocycles. The van der Waals surface area contributed by atoms with E-state index >= 15 is 0 Å². The van der Waals surface area contributed by atoms with Crippen molar-refractivity contribution >= 4 is 28.5 Å². The number of nitrogens with zero attached hydrogens (tertiary/aromatic N) is 2. The maximum Gasteiger partial charge on any atom is 0.356 e. The lowest BCUT2D eigenvalue weighted by Gasteiger charge is -2.26. The first-order chi connectivity index (χ1) is 12.2. The quantitative estimate of drug-likeness (QED) is 0.702. The third-order valence-electron chi connectivity index (χ3n) is 4.61. The van der Waals surface area contributed by atoms with Gasteiger partial charge in [-0.2, -0.15) is 5.10 Å². The molecule has 0 saturated carbocycles. The van der Waals surface area contributed by atoms with Crippen molar-refractivity contribution < 1.29 is 9.53 Å². The van der Waals surface area contributed by atoms with Crippen LogP contribution in [0.4, 0.5) is 0 Å². The number of nitrogens with one attached hydrogen (secondary N) is 2. The molecule has 0 fully saturated rings. The highest BCUT2D eigenvalue weighted by molar-refractivity contribution is 6.31. The number of aromatic nitrogens is 3. The first-order valence-electron chi connectivity index (χ1n) is 8.36. The number of fused-ring (bicyclic) bond motifs is 3. The molecule has 25 heavy (non-hydrogen) atoms. The highest BCUT2D eigenvalue weighted by Crippen LogP contribution is 2.30. The van der Waals surface area contributed by atoms with Crippen LogP contribution in [0, 0.1) is 0 Å². The van der Waals surface area contributed by atoms with Crippen LogP contribution in [0.25, 0.3) is 10.9 Å². The minimum Gasteiger partial charge on any atom is -0.461 e. The molecule has 0 atom stereocenters. The van der Waals surface area contributed by atoms with Gasteiger partial charge in [0.2, 0.25) is 0 Å². The highest BCUT2D eigenvalue weighted by atomic mass is 35.5. The van der Waals surface area contributed by atoms with Gasteiger partial charge in [0.1, 0.15) is 5.69 Å². The zero-order valence-electron chi connectivity index (χ0n) is 13.9. The fourth-order valence-electron chi connectivity index (χ4n) is 3.46. The number of hydrogen-bond acceptors (Lipinski definition) is 4. The van der Waals surface area contributed by atoms with Crippen molar-refractivity contribution in [2.45, 2.75) is 26.4 Å². The van der Waals surface area contributed by atoms with Crippen molar-refractivity contribution in [3.05, 3.63) is 51.9 Å². The topological polar surface area (TPSA) is 74.0 Å². The number of benzene rings is 1. The Morgan fingerprint density at radius 2 is 2.32 bits per heavy atom. The van der Waals surface area contributed by atoms with Crippen molar-refractivity contribution in [3.63, 3.8) is 0 Å². The molecule has 3 aromatic rings. The number of carbonyl (C=O) groups excluding carboxylic acids is 1. The van der Waals surface area contributed by atoms with E-state index < -0.39 is 0 Å². The minimum atomic E-state index is -0.354. The summed E-state index contributed by atoms with van der Waals surface area (Å²) in [4.78, 5) is 17.8. The molecule has 0 spiro atoms. The van der Waals surface area contributed by atoms with E-state index in [1.807, 2.05) is 18.2 Å². The molecule has 130 valence electrons. The summed E-state index contributed by atoms with van der Waals surface area (Å²) >= 11 is 6.14. The number of hydrogen-bond donors (Lipinski definition) is 2. The van der Waals surface area contributed by atoms with E-state index in [0.29, 0.717) is 18.8 Å². The Balaban J connectivity index is 1.55. The predicted molar refractivity (Wildman–Crippen MR) is 95.7 cm³/mol. The van der Waals surface area contributed by atoms with Gasteiger partial charge in [-0.25, -0.2) is 4.79 Å². The summed E-state index contributed by atoms with van der Waals surface area (Å²) in [7, 11) is 0. The summed E-state index contributed by atoms with van der Waals surface area (Å²) in [5.74, 6) is -0.354. The molecule has 1 aromatic carbocycles. The Morgan fingerprint density at radius 1 is 1.44 bits per heavy atom. The van der Waals surface area contributed by atoms with Crippen molar-refractivity contribution in [2.24, 2.45) is 0 Å². The zero-order chi connectivity index (χ0) is 17.4. The SMILES string of the molecule is CCOC(=O)c1[nH]ncc1CN1CCc2c([nH]c3ccc(Cl)cc23)C1. The van der Waals surface area contributed by atoms with Crippen LogP contribution in [0.2, 0.25) is 5.02 Å². The molecule has 6 nitrogen and oxygen atoms in total. The summed E-state index contributed by atoms with van der Waals surface area (Å²) in [6, 6.07) is 5.95. The van der Waals surface area contributed by atoms with Crippen molar-refractivity contribution in [2.75, 3.05) is 13.2 Å². The lowest BCUT2D eigenvalue weighted by molar-refractivity contribution is 0.0516. The largest absolute Gasteiger partial charge is 0.461 e. The molecule has 1 aliphatic heterocycles. The van der Waals surface area contributed by atoms with E-state index in [-0.39, 0.29) is 5.97 Å². The zero-order valence-corrected chi connectivity index (χ0v) is 14.7. The second kappa shape index (κ2) is 6.54. The molecule has 0 aliphatic carbocycles. The summed E-state index contributed by atoms with van der Waals surface area (Å²) in [6.45, 7) is 4.51. The van der Waals surface area contributed by atoms with Crippen LogP contribution in [0.3, 0.4) is 0 Å². The van der Waals surface area contributed by atoms with Gasteiger partial charge in [0.05, 0.1) is 12.8 Å². The third kappa shape index (κ3) is 3.03. The number of rotatable bonds is 4. The number of carbonyl (C=O) groups is 1. The Labute approximate surface area is 150 Å². The fourth-order valence-corrected chi connectivity index (χ4v) is 3.63. The maximum atomic E-state index is 12.0. The van der Waals surface area contributed by atoms with Gasteiger partial charge in [0.25, 0.3) is 0 Å². The van der Waals surface area contributed by atoms with Crippen LogP contribution in [0.15, 0.2) is 24.4 Å². The van der Waals surface area contributed by atoms with Crippen LogP contribution >= 0.6 is 11.6 Å². The fraction of sp³-hybridized carbons (Fsp3) is 0.333. The summed E-state index contributed by atoms with van der Waals surface area (Å²) < 4.78 is 5.08. The number of halogens is 1. The Kier molecular flexibility index (Phi) is 4.23. The second-order valence-corrected chi connectivity index (χ2v) is 6.66. The number of aromatic amines is 2. The van der Waals surface area contributed by atoms with Gasteiger partial charge in [0.15, 0.2) is 0 Å². The van der Waals surface area contributed by atoms with E-state index in [1.54, 1.807) is 13.1 Å². The number of H-pyrrole nitrogens is 2. The van der Waals surface area contributed by atoms with E-state index in [0.717, 1.165) is 35.6 Å². The maximum absolute atomic E-state index is 12.0. The summed E-state index contributed by atoms with van der Waals surface area (Å²) in [5, 5.41) is 8.72. The van der Waals surface area contributed by atoms with E-state index in [9.17, 15) is 4.79 Å². The van der Waals surface area contributed by atoms with Crippen molar-refractivity contribution in [3.8, 4) is 0 Å². The molecule has 1 aliphatic rings. The van der Waals surface area contributed by atoms with Crippen molar-refractivity contribution in [1.82, 2.24) is 20.1 Å². The van der Waals surface area contributed by atoms with Gasteiger partial charge in [0, 0.05) is 46.8 Å². The van der Waals surface area contributed by atoms with E-state index in [4.69, 9.17) is 16.3 Å². The molecule has 7 heteroatoms. The Morgan fingerprint density at radius 3 is 3.16 bits per heavy atom. The molecule has 4 rings (SSSR count). The van der Waals surface area contributed by atoms with Gasteiger partial charge in [-0.15, -0.1) is 0 Å². The van der Waals surface area contributed by atoms with E-state index in [1.165, 1.54) is 16.6 Å². The summed E-state index contributed by atoms with van der Waals surface area (Å²) in [6.07, 6.45) is 2.65. The molecule has 0 amide bonds. The Bertz CT molecular complexity index is 930. The first kappa shape index (κ1) is 16.2. The Hall–Kier alpha value is -2.31. The average molecular weight is 359 g/mol. The first-order valence-corrected chi connectivity index (χ1v) is 8.74. The number of ether oxygens (including phenoxy) is 1. The predicted octanol–water partition coefficient (Wildman–Crippen LogP) is 3.28. The van der Waals surface area contributed by atoms with Crippen LogP contribution in [0.1, 0.15) is 34.2 Å². The monoisotopic (exact) mass is 358 g/mol. The van der Waals surface area contributed by atoms with Gasteiger partial charge in [-0.3, -0.25) is 10.00 Å². The second-order valence-electron chi connectivity index (χ2n) is 6.22. The summed E-state index contributed by atoms with van der Waals surface area (Å²) in [5.41, 5.74) is 4.97. The van der Waals surface area contributed by atoms with Crippen LogP contribution in [-0.2, 0) is 24.2 Å². The molecule has 3 heterocycles. The highest BCUT2D eigenvalue weighted by Gasteiger charge is 2.23. The smallest absolute Gasteiger partial charge is 0.356 e. The molecule has 0 saturated heterocycles. The van der Waals surface area contributed by atoms with Crippen LogP contribution in [0.5, 0.6) is 0 Å². The molecule has 0 radical (unpaired) electrons. The van der Waals surface area contributed by atoms with E-state index in [2.05, 4.69) is 20.1 Å². The van der Waals surface area contributed by atoms with Crippen molar-refractivity contribution in [1.29, 1.82) is 0 Å². The molecular weight excluding hydrogens is 340 g/mol. The minimum absolute atomic E-state index is 0.349. The van der Waals surface area contributed by atoms with Crippen LogP contribution < -0.4 is 0 Å². The van der Waals surface area contributed by atoms with Gasteiger partial charge in [-0.05, 0) is 37.1 Å².